The number of anilines is 1. The van der Waals surface area contributed by atoms with Gasteiger partial charge in [0.2, 0.25) is 0 Å². The van der Waals surface area contributed by atoms with Crippen LogP contribution in [0.5, 0.6) is 0 Å². The van der Waals surface area contributed by atoms with E-state index in [1.165, 1.54) is 5.56 Å². The second-order valence-electron chi connectivity index (χ2n) is 5.01. The molecule has 0 saturated carbocycles. The Hall–Kier alpha value is -2.26. The third-order valence-electron chi connectivity index (χ3n) is 3.51. The molecule has 21 heavy (non-hydrogen) atoms. The highest BCUT2D eigenvalue weighted by molar-refractivity contribution is 6.30. The minimum absolute atomic E-state index is 0.661. The van der Waals surface area contributed by atoms with Crippen LogP contribution in [0.4, 0.5) is 5.82 Å². The first kappa shape index (κ1) is 13.7. The molecule has 4 heteroatoms. The summed E-state index contributed by atoms with van der Waals surface area (Å²) in [5, 5.41) is 5.35. The molecule has 0 amide bonds. The Balaban J connectivity index is 1.99. The van der Waals surface area contributed by atoms with Gasteiger partial charge in [-0.05, 0) is 24.6 Å². The van der Waals surface area contributed by atoms with Crippen LogP contribution in [-0.4, -0.2) is 9.78 Å². The first-order chi connectivity index (χ1) is 10.1. The van der Waals surface area contributed by atoms with E-state index in [4.69, 9.17) is 17.3 Å². The van der Waals surface area contributed by atoms with Crippen molar-refractivity contribution < 1.29 is 0 Å². The van der Waals surface area contributed by atoms with Crippen LogP contribution in [0.15, 0.2) is 54.6 Å². The number of nitrogens with two attached hydrogens (primary N) is 1. The van der Waals surface area contributed by atoms with Crippen LogP contribution in [0, 0.1) is 6.92 Å². The van der Waals surface area contributed by atoms with E-state index in [1.54, 1.807) is 0 Å². The first-order valence-electron chi connectivity index (χ1n) is 6.78. The summed E-state index contributed by atoms with van der Waals surface area (Å²) < 4.78 is 1.83. The Morgan fingerprint density at radius 3 is 2.57 bits per heavy atom. The van der Waals surface area contributed by atoms with E-state index in [0.29, 0.717) is 17.4 Å². The van der Waals surface area contributed by atoms with E-state index in [-0.39, 0.29) is 0 Å². The van der Waals surface area contributed by atoms with E-state index in [0.717, 1.165) is 16.8 Å². The fraction of sp³-hybridized carbons (Fsp3) is 0.118. The molecule has 2 N–H and O–H groups in total. The number of hydrogen-bond acceptors (Lipinski definition) is 2. The molecule has 0 aliphatic carbocycles. The van der Waals surface area contributed by atoms with E-state index < -0.39 is 0 Å². The van der Waals surface area contributed by atoms with Crippen LogP contribution in [0.3, 0.4) is 0 Å². The van der Waals surface area contributed by atoms with Gasteiger partial charge in [0.15, 0.2) is 0 Å². The van der Waals surface area contributed by atoms with Crippen LogP contribution < -0.4 is 5.73 Å². The van der Waals surface area contributed by atoms with Gasteiger partial charge in [-0.15, -0.1) is 0 Å². The monoisotopic (exact) mass is 297 g/mol. The van der Waals surface area contributed by atoms with Gasteiger partial charge < -0.3 is 5.73 Å². The summed E-state index contributed by atoms with van der Waals surface area (Å²) in [5.41, 5.74) is 10.2. The molecule has 3 nitrogen and oxygen atoms in total. The number of halogens is 1. The average Bonchev–Trinajstić information content (AvgIpc) is 2.77. The molecule has 0 saturated heterocycles. The number of aromatic nitrogens is 2. The minimum atomic E-state index is 0.661. The largest absolute Gasteiger partial charge is 0.384 e. The molecule has 3 aromatic rings. The van der Waals surface area contributed by atoms with Gasteiger partial charge in [-0.2, -0.15) is 5.10 Å². The lowest BCUT2D eigenvalue weighted by Gasteiger charge is -2.04. The van der Waals surface area contributed by atoms with Crippen LogP contribution in [-0.2, 0) is 6.54 Å². The topological polar surface area (TPSA) is 43.8 Å². The zero-order chi connectivity index (χ0) is 14.8. The second kappa shape index (κ2) is 5.62. The molecule has 1 aromatic heterocycles. The SMILES string of the molecule is Cc1c(-c2cccc(Cl)c2)nn(Cc2ccccc2)c1N. The Morgan fingerprint density at radius 1 is 1.10 bits per heavy atom. The smallest absolute Gasteiger partial charge is 0.125 e. The lowest BCUT2D eigenvalue weighted by molar-refractivity contribution is 0.699. The molecule has 0 aliphatic rings. The molecule has 0 spiro atoms. The van der Waals surface area contributed by atoms with Gasteiger partial charge in [0.25, 0.3) is 0 Å². The summed E-state index contributed by atoms with van der Waals surface area (Å²) in [4.78, 5) is 0. The van der Waals surface area contributed by atoms with Crippen LogP contribution in [0.25, 0.3) is 11.3 Å². The van der Waals surface area contributed by atoms with Gasteiger partial charge in [-0.1, -0.05) is 54.1 Å². The van der Waals surface area contributed by atoms with Crippen LogP contribution in [0.2, 0.25) is 5.02 Å². The summed E-state index contributed by atoms with van der Waals surface area (Å²) >= 11 is 6.06. The van der Waals surface area contributed by atoms with Crippen molar-refractivity contribution in [3.8, 4) is 11.3 Å². The van der Waals surface area contributed by atoms with Gasteiger partial charge >= 0.3 is 0 Å². The lowest BCUT2D eigenvalue weighted by Crippen LogP contribution is -2.06. The summed E-state index contributed by atoms with van der Waals surface area (Å²) in [6, 6.07) is 17.8. The molecular formula is C17H16ClN3. The fourth-order valence-corrected chi connectivity index (χ4v) is 2.54. The van der Waals surface area contributed by atoms with Gasteiger partial charge in [0.1, 0.15) is 5.82 Å². The maximum absolute atomic E-state index is 6.19. The van der Waals surface area contributed by atoms with Gasteiger partial charge in [0.05, 0.1) is 12.2 Å². The van der Waals surface area contributed by atoms with Crippen molar-refractivity contribution in [2.45, 2.75) is 13.5 Å². The molecule has 0 aliphatic heterocycles. The van der Waals surface area contributed by atoms with E-state index >= 15 is 0 Å². The summed E-state index contributed by atoms with van der Waals surface area (Å²) in [7, 11) is 0. The normalized spacial score (nSPS) is 10.8. The maximum Gasteiger partial charge on any atom is 0.125 e. The second-order valence-corrected chi connectivity index (χ2v) is 5.45. The standard InChI is InChI=1S/C17H16ClN3/c1-12-16(14-8-5-9-15(18)10-14)20-21(17(12)19)11-13-6-3-2-4-7-13/h2-10H,11,19H2,1H3. The molecule has 2 aromatic carbocycles. The highest BCUT2D eigenvalue weighted by atomic mass is 35.5. The molecule has 3 rings (SSSR count). The summed E-state index contributed by atoms with van der Waals surface area (Å²) in [6.07, 6.45) is 0. The summed E-state index contributed by atoms with van der Waals surface area (Å²) in [6.45, 7) is 2.65. The maximum atomic E-state index is 6.19. The zero-order valence-electron chi connectivity index (χ0n) is 11.8. The van der Waals surface area contributed by atoms with Crippen molar-refractivity contribution >= 4 is 17.4 Å². The number of rotatable bonds is 3. The van der Waals surface area contributed by atoms with Crippen molar-refractivity contribution in [1.82, 2.24) is 9.78 Å². The molecule has 0 radical (unpaired) electrons. The molecule has 106 valence electrons. The van der Waals surface area contributed by atoms with Crippen molar-refractivity contribution in [2.75, 3.05) is 5.73 Å². The number of benzene rings is 2. The van der Waals surface area contributed by atoms with E-state index in [1.807, 2.05) is 54.1 Å². The quantitative estimate of drug-likeness (QED) is 0.789. The highest BCUT2D eigenvalue weighted by Gasteiger charge is 2.13. The Morgan fingerprint density at radius 2 is 1.86 bits per heavy atom. The molecule has 0 fully saturated rings. The fourth-order valence-electron chi connectivity index (χ4n) is 2.35. The molecule has 1 heterocycles. The van der Waals surface area contributed by atoms with Gasteiger partial charge in [-0.3, -0.25) is 0 Å². The third-order valence-corrected chi connectivity index (χ3v) is 3.75. The number of nitrogens with zero attached hydrogens (tertiary/aromatic N) is 2. The molecule has 0 bridgehead atoms. The first-order valence-corrected chi connectivity index (χ1v) is 7.15. The third kappa shape index (κ3) is 2.78. The lowest BCUT2D eigenvalue weighted by atomic mass is 10.1. The number of nitrogen functional groups attached to an aromatic ring is 1. The molecule has 0 unspecified atom stereocenters. The van der Waals surface area contributed by atoms with Gasteiger partial charge in [0, 0.05) is 16.1 Å². The Kier molecular flexibility index (Phi) is 3.67. The van der Waals surface area contributed by atoms with Crippen molar-refractivity contribution in [3.05, 3.63) is 70.7 Å². The van der Waals surface area contributed by atoms with Gasteiger partial charge in [-0.25, -0.2) is 4.68 Å². The van der Waals surface area contributed by atoms with Crippen LogP contribution >= 0.6 is 11.6 Å². The van der Waals surface area contributed by atoms with E-state index in [9.17, 15) is 0 Å². The molecule has 0 atom stereocenters. The van der Waals surface area contributed by atoms with Crippen molar-refractivity contribution in [3.63, 3.8) is 0 Å². The Labute approximate surface area is 129 Å². The molecular weight excluding hydrogens is 282 g/mol. The summed E-state index contributed by atoms with van der Waals surface area (Å²) in [5.74, 6) is 0.689. The van der Waals surface area contributed by atoms with E-state index in [2.05, 4.69) is 17.2 Å². The predicted octanol–water partition coefficient (Wildman–Crippen LogP) is 4.14. The predicted molar refractivity (Wildman–Crippen MR) is 87.4 cm³/mol. The highest BCUT2D eigenvalue weighted by Crippen LogP contribution is 2.28. The average molecular weight is 298 g/mol. The Bertz CT molecular complexity index is 763. The zero-order valence-corrected chi connectivity index (χ0v) is 12.5. The van der Waals surface area contributed by atoms with Crippen molar-refractivity contribution in [2.24, 2.45) is 0 Å². The van der Waals surface area contributed by atoms with Crippen LogP contribution in [0.1, 0.15) is 11.1 Å². The minimum Gasteiger partial charge on any atom is -0.384 e. The number of hydrogen-bond donors (Lipinski definition) is 1. The van der Waals surface area contributed by atoms with Crippen molar-refractivity contribution in [1.29, 1.82) is 0 Å².